The second-order valence-corrected chi connectivity index (χ2v) is 13.0. The Hall–Kier alpha value is -1.34. The molecule has 0 N–H and O–H groups in total. The van der Waals surface area contributed by atoms with Crippen molar-refractivity contribution in [1.29, 1.82) is 0 Å². The smallest absolute Gasteiger partial charge is 0.412 e. The molecular formula is C23H43NO5Si. The fourth-order valence-corrected chi connectivity index (χ4v) is 5.18. The van der Waals surface area contributed by atoms with Gasteiger partial charge in [-0.2, -0.15) is 0 Å². The molecule has 1 aliphatic rings. The van der Waals surface area contributed by atoms with Crippen LogP contribution in [-0.4, -0.2) is 50.5 Å². The lowest BCUT2D eigenvalue weighted by Crippen LogP contribution is -2.54. The third-order valence-corrected chi connectivity index (χ3v) is 6.30. The molecule has 7 heteroatoms. The third kappa shape index (κ3) is 7.41. The van der Waals surface area contributed by atoms with Crippen molar-refractivity contribution < 1.29 is 23.5 Å². The molecule has 0 spiro atoms. The molecule has 0 aromatic rings. The van der Waals surface area contributed by atoms with Crippen LogP contribution < -0.4 is 0 Å². The summed E-state index contributed by atoms with van der Waals surface area (Å²) in [7, 11) is -1.56. The van der Waals surface area contributed by atoms with E-state index in [0.29, 0.717) is 32.4 Å². The van der Waals surface area contributed by atoms with Crippen LogP contribution in [0.4, 0.5) is 4.79 Å². The number of hydrogen-bond donors (Lipinski definition) is 0. The van der Waals surface area contributed by atoms with Crippen LogP contribution in [0.5, 0.6) is 0 Å². The molecule has 1 rings (SSSR count). The number of carbonyl (C=O) groups excluding carboxylic acids is 2. The highest BCUT2D eigenvalue weighted by Gasteiger charge is 2.54. The first kappa shape index (κ1) is 26.7. The summed E-state index contributed by atoms with van der Waals surface area (Å²) < 4.78 is 17.7. The molecule has 1 saturated heterocycles. The highest BCUT2D eigenvalue weighted by atomic mass is 28.3. The molecule has 6 nitrogen and oxygen atoms in total. The monoisotopic (exact) mass is 441 g/mol. The van der Waals surface area contributed by atoms with Crippen molar-refractivity contribution >= 4 is 21.1 Å². The van der Waals surface area contributed by atoms with Crippen molar-refractivity contribution in [3.63, 3.8) is 0 Å². The highest BCUT2D eigenvalue weighted by Crippen LogP contribution is 2.47. The number of rotatable bonds is 8. The topological polar surface area (TPSA) is 65.1 Å². The lowest BCUT2D eigenvalue weighted by Gasteiger charge is -2.42. The predicted octanol–water partition coefficient (Wildman–Crippen LogP) is 5.13. The molecule has 1 unspecified atom stereocenters. The summed E-state index contributed by atoms with van der Waals surface area (Å²) in [6.45, 7) is 22.8. The van der Waals surface area contributed by atoms with Crippen LogP contribution in [0.1, 0.15) is 67.7 Å². The molecule has 0 aromatic heterocycles. The van der Waals surface area contributed by atoms with Gasteiger partial charge in [0.25, 0.3) is 0 Å². The molecular weight excluding hydrogens is 398 g/mol. The summed E-state index contributed by atoms with van der Waals surface area (Å²) in [6.07, 6.45) is 2.88. The van der Waals surface area contributed by atoms with E-state index in [1.807, 2.05) is 20.8 Å². The lowest BCUT2D eigenvalue weighted by atomic mass is 9.78. The number of ether oxygens (including phenoxy) is 2. The quantitative estimate of drug-likeness (QED) is 0.297. The average molecular weight is 442 g/mol. The summed E-state index contributed by atoms with van der Waals surface area (Å²) in [5.74, 6) is -0.461. The van der Waals surface area contributed by atoms with Crippen molar-refractivity contribution in [3.05, 3.63) is 12.7 Å². The Morgan fingerprint density at radius 2 is 1.83 bits per heavy atom. The zero-order chi connectivity index (χ0) is 23.3. The van der Waals surface area contributed by atoms with Crippen LogP contribution in [-0.2, 0) is 18.7 Å². The molecule has 1 heterocycles. The minimum absolute atomic E-state index is 0.0121. The SMILES string of the molecule is C=CCC(C[C@]1(O[SiH](C)C)C[C@H](C(C)(C)C)CN1C(=O)OC(C)(C)C)C(=O)OCC. The van der Waals surface area contributed by atoms with E-state index in [4.69, 9.17) is 13.9 Å². The molecule has 30 heavy (non-hydrogen) atoms. The number of esters is 1. The minimum atomic E-state index is -1.56. The zero-order valence-electron chi connectivity index (χ0n) is 20.5. The van der Waals surface area contributed by atoms with E-state index < -0.39 is 26.3 Å². The van der Waals surface area contributed by atoms with Crippen molar-refractivity contribution in [2.45, 2.75) is 92.1 Å². The van der Waals surface area contributed by atoms with Gasteiger partial charge in [0.2, 0.25) is 0 Å². The Labute approximate surface area is 185 Å². The van der Waals surface area contributed by atoms with Crippen molar-refractivity contribution in [2.24, 2.45) is 17.3 Å². The Kier molecular flexibility index (Phi) is 9.17. The van der Waals surface area contributed by atoms with Gasteiger partial charge in [-0.1, -0.05) is 26.8 Å². The van der Waals surface area contributed by atoms with Gasteiger partial charge in [0, 0.05) is 13.0 Å². The predicted molar refractivity (Wildman–Crippen MR) is 123 cm³/mol. The average Bonchev–Trinajstić information content (AvgIpc) is 2.92. The van der Waals surface area contributed by atoms with E-state index >= 15 is 0 Å². The third-order valence-electron chi connectivity index (χ3n) is 5.39. The molecule has 1 amide bonds. The first-order valence-electron chi connectivity index (χ1n) is 11.1. The summed E-state index contributed by atoms with van der Waals surface area (Å²) in [5, 5.41) is 0. The first-order valence-corrected chi connectivity index (χ1v) is 13.9. The van der Waals surface area contributed by atoms with Crippen LogP contribution in [0.25, 0.3) is 0 Å². The molecule has 0 aromatic carbocycles. The first-order chi connectivity index (χ1) is 13.6. The Balaban J connectivity index is 3.41. The number of carbonyl (C=O) groups is 2. The van der Waals surface area contributed by atoms with E-state index in [9.17, 15) is 9.59 Å². The highest BCUT2D eigenvalue weighted by molar-refractivity contribution is 6.48. The lowest BCUT2D eigenvalue weighted by molar-refractivity contribution is -0.153. The molecule has 174 valence electrons. The van der Waals surface area contributed by atoms with Gasteiger partial charge in [-0.05, 0) is 65.0 Å². The van der Waals surface area contributed by atoms with Gasteiger partial charge < -0.3 is 13.9 Å². The van der Waals surface area contributed by atoms with Crippen LogP contribution in [0, 0.1) is 17.3 Å². The van der Waals surface area contributed by atoms with E-state index in [1.54, 1.807) is 17.9 Å². The van der Waals surface area contributed by atoms with Crippen molar-refractivity contribution in [3.8, 4) is 0 Å². The number of allylic oxidation sites excluding steroid dienone is 1. The molecule has 1 fully saturated rings. The summed E-state index contributed by atoms with van der Waals surface area (Å²) in [6, 6.07) is 0. The van der Waals surface area contributed by atoms with E-state index in [-0.39, 0.29) is 23.4 Å². The molecule has 1 aliphatic heterocycles. The van der Waals surface area contributed by atoms with Crippen LogP contribution in [0.2, 0.25) is 13.1 Å². The van der Waals surface area contributed by atoms with Gasteiger partial charge in [-0.3, -0.25) is 9.69 Å². The Morgan fingerprint density at radius 3 is 2.27 bits per heavy atom. The zero-order valence-corrected chi connectivity index (χ0v) is 21.7. The number of hydrogen-bond acceptors (Lipinski definition) is 5. The van der Waals surface area contributed by atoms with E-state index in [0.717, 1.165) is 0 Å². The van der Waals surface area contributed by atoms with Gasteiger partial charge in [0.05, 0.1) is 12.5 Å². The molecule has 3 atom stereocenters. The Bertz CT molecular complexity index is 608. The molecule has 0 bridgehead atoms. The maximum absolute atomic E-state index is 13.3. The maximum Gasteiger partial charge on any atom is 0.412 e. The van der Waals surface area contributed by atoms with Crippen LogP contribution in [0.3, 0.4) is 0 Å². The summed E-state index contributed by atoms with van der Waals surface area (Å²) in [4.78, 5) is 27.7. The molecule has 0 radical (unpaired) electrons. The second-order valence-electron chi connectivity index (χ2n) is 10.6. The molecule has 0 saturated carbocycles. The number of likely N-dealkylation sites (tertiary alicyclic amines) is 1. The van der Waals surface area contributed by atoms with E-state index in [2.05, 4.69) is 40.4 Å². The van der Waals surface area contributed by atoms with Gasteiger partial charge in [0.15, 0.2) is 9.04 Å². The second kappa shape index (κ2) is 10.3. The van der Waals surface area contributed by atoms with Gasteiger partial charge in [-0.25, -0.2) is 4.79 Å². The van der Waals surface area contributed by atoms with Gasteiger partial charge in [-0.15, -0.1) is 6.58 Å². The maximum atomic E-state index is 13.3. The number of amides is 1. The van der Waals surface area contributed by atoms with Crippen LogP contribution in [0.15, 0.2) is 12.7 Å². The fraction of sp³-hybridized carbons (Fsp3) is 0.826. The minimum Gasteiger partial charge on any atom is -0.466 e. The Morgan fingerprint density at radius 1 is 1.23 bits per heavy atom. The summed E-state index contributed by atoms with van der Waals surface area (Å²) >= 11 is 0. The van der Waals surface area contributed by atoms with Crippen LogP contribution >= 0.6 is 0 Å². The summed E-state index contributed by atoms with van der Waals surface area (Å²) in [5.41, 5.74) is -1.50. The number of nitrogens with zero attached hydrogens (tertiary/aromatic N) is 1. The van der Waals surface area contributed by atoms with Gasteiger partial charge in [0.1, 0.15) is 11.3 Å². The largest absolute Gasteiger partial charge is 0.466 e. The van der Waals surface area contributed by atoms with E-state index in [1.165, 1.54) is 0 Å². The standard InChI is InChI=1S/C23H43NO5Si/c1-11-13-17(19(25)27-12-2)14-23(29-30(9)10)15-18(21(3,4)5)16-24(23)20(26)28-22(6,7)8/h11,17-18,30H,1,12-16H2,2-10H3/t17?,18-,23-/m0/s1. The molecule has 0 aliphatic carbocycles. The van der Waals surface area contributed by atoms with Gasteiger partial charge >= 0.3 is 12.1 Å². The normalized spacial score (nSPS) is 23.4. The van der Waals surface area contributed by atoms with Crippen molar-refractivity contribution in [1.82, 2.24) is 4.90 Å². The fourth-order valence-electron chi connectivity index (χ4n) is 3.99. The van der Waals surface area contributed by atoms with Crippen molar-refractivity contribution in [2.75, 3.05) is 13.2 Å².